The van der Waals surface area contributed by atoms with E-state index in [4.69, 9.17) is 0 Å². The van der Waals surface area contributed by atoms with Crippen molar-refractivity contribution >= 4 is 15.8 Å². The molecule has 15 heavy (non-hydrogen) atoms. The summed E-state index contributed by atoms with van der Waals surface area (Å²) in [7, 11) is -3.42. The Morgan fingerprint density at radius 1 is 1.07 bits per heavy atom. The molecule has 0 aromatic rings. The number of ketones is 1. The first-order valence-corrected chi connectivity index (χ1v) is 6.39. The first-order chi connectivity index (χ1) is 6.38. The van der Waals surface area contributed by atoms with Crippen LogP contribution in [0.4, 0.5) is 0 Å². The maximum Gasteiger partial charge on any atom is 0.216 e. The molecule has 0 fully saturated rings. The summed E-state index contributed by atoms with van der Waals surface area (Å²) in [4.78, 5) is 11.5. The minimum Gasteiger partial charge on any atom is -0.298 e. The summed E-state index contributed by atoms with van der Waals surface area (Å²) in [6, 6.07) is 0. The summed E-state index contributed by atoms with van der Waals surface area (Å²) in [5.74, 6) is -0.115. The summed E-state index contributed by atoms with van der Waals surface area (Å²) >= 11 is 0. The quantitative estimate of drug-likeness (QED) is 0.802. The van der Waals surface area contributed by atoms with Crippen LogP contribution in [0.1, 0.15) is 41.5 Å². The molecule has 1 N–H and O–H groups in total. The summed E-state index contributed by atoms with van der Waals surface area (Å²) < 4.78 is 24.7. The number of carbonyl (C=O) groups is 1. The summed E-state index contributed by atoms with van der Waals surface area (Å²) in [5, 5.41) is 0. The average Bonchev–Trinajstić information content (AvgIpc) is 1.96. The summed E-state index contributed by atoms with van der Waals surface area (Å²) in [5.41, 5.74) is -0.513. The highest BCUT2D eigenvalue weighted by atomic mass is 32.2. The molecule has 0 aliphatic rings. The molecule has 0 unspecified atom stereocenters. The SMILES string of the molecule is CC(C)(C)C(=O)CNS(=O)(=O)C(C)(C)C. The second kappa shape index (κ2) is 4.22. The van der Waals surface area contributed by atoms with Gasteiger partial charge in [-0.3, -0.25) is 4.79 Å². The van der Waals surface area contributed by atoms with Crippen LogP contribution in [-0.2, 0) is 14.8 Å². The second-order valence-corrected chi connectivity index (χ2v) is 8.13. The third kappa shape index (κ3) is 4.30. The Hall–Kier alpha value is -0.420. The number of sulfonamides is 1. The molecule has 0 aromatic carbocycles. The number of Topliss-reactive ketones (excluding diaryl/α,β-unsaturated/α-hetero) is 1. The lowest BCUT2D eigenvalue weighted by Crippen LogP contribution is -2.43. The third-order valence-electron chi connectivity index (χ3n) is 2.07. The van der Waals surface area contributed by atoms with Crippen molar-refractivity contribution in [2.24, 2.45) is 5.41 Å². The van der Waals surface area contributed by atoms with Crippen molar-refractivity contribution in [3.63, 3.8) is 0 Å². The molecule has 0 saturated carbocycles. The minimum absolute atomic E-state index is 0.115. The van der Waals surface area contributed by atoms with Gasteiger partial charge < -0.3 is 0 Å². The van der Waals surface area contributed by atoms with E-state index in [0.717, 1.165) is 0 Å². The fraction of sp³-hybridized carbons (Fsp3) is 0.900. The molecule has 5 heteroatoms. The topological polar surface area (TPSA) is 63.2 Å². The van der Waals surface area contributed by atoms with E-state index >= 15 is 0 Å². The second-order valence-electron chi connectivity index (χ2n) is 5.61. The predicted octanol–water partition coefficient (Wildman–Crippen LogP) is 1.32. The highest BCUT2D eigenvalue weighted by molar-refractivity contribution is 7.90. The van der Waals surface area contributed by atoms with Gasteiger partial charge in [0.2, 0.25) is 10.0 Å². The van der Waals surface area contributed by atoms with E-state index in [-0.39, 0.29) is 12.3 Å². The maximum absolute atomic E-state index is 11.6. The Bertz CT molecular complexity index is 331. The van der Waals surface area contributed by atoms with Crippen molar-refractivity contribution in [3.8, 4) is 0 Å². The molecule has 0 aromatic heterocycles. The van der Waals surface area contributed by atoms with Crippen LogP contribution in [0.3, 0.4) is 0 Å². The molecule has 0 bridgehead atoms. The Labute approximate surface area is 92.5 Å². The van der Waals surface area contributed by atoms with Crippen LogP contribution in [0.2, 0.25) is 0 Å². The number of hydrogen-bond donors (Lipinski definition) is 1. The zero-order chi connectivity index (χ0) is 12.5. The Kier molecular flexibility index (Phi) is 4.10. The fourth-order valence-electron chi connectivity index (χ4n) is 0.642. The first-order valence-electron chi connectivity index (χ1n) is 4.90. The van der Waals surface area contributed by atoms with Crippen molar-refractivity contribution in [1.29, 1.82) is 0 Å². The van der Waals surface area contributed by atoms with Crippen molar-refractivity contribution in [2.75, 3.05) is 6.54 Å². The van der Waals surface area contributed by atoms with Gasteiger partial charge in [0.25, 0.3) is 0 Å². The van der Waals surface area contributed by atoms with Crippen LogP contribution in [0.25, 0.3) is 0 Å². The lowest BCUT2D eigenvalue weighted by molar-refractivity contribution is -0.125. The molecule has 0 saturated heterocycles. The van der Waals surface area contributed by atoms with Gasteiger partial charge in [0.1, 0.15) is 0 Å². The van der Waals surface area contributed by atoms with E-state index < -0.39 is 20.2 Å². The van der Waals surface area contributed by atoms with Gasteiger partial charge in [-0.2, -0.15) is 0 Å². The van der Waals surface area contributed by atoms with E-state index in [1.54, 1.807) is 41.5 Å². The molecule has 4 nitrogen and oxygen atoms in total. The molecule has 0 atom stereocenters. The third-order valence-corrected chi connectivity index (χ3v) is 4.20. The Morgan fingerprint density at radius 2 is 1.47 bits per heavy atom. The summed E-state index contributed by atoms with van der Waals surface area (Å²) in [6.07, 6.45) is 0. The molecule has 0 radical (unpaired) electrons. The molecule has 0 heterocycles. The lowest BCUT2D eigenvalue weighted by atomic mass is 9.91. The lowest BCUT2D eigenvalue weighted by Gasteiger charge is -2.22. The standard InChI is InChI=1S/C10H21NO3S/c1-9(2,3)8(12)7-11-15(13,14)10(4,5)6/h11H,7H2,1-6H3. The molecular formula is C10H21NO3S. The molecule has 0 amide bonds. The number of nitrogens with one attached hydrogen (secondary N) is 1. The fourth-order valence-corrected chi connectivity index (χ4v) is 1.40. The zero-order valence-electron chi connectivity index (χ0n) is 10.3. The predicted molar refractivity (Wildman–Crippen MR) is 61.1 cm³/mol. The van der Waals surface area contributed by atoms with Crippen LogP contribution >= 0.6 is 0 Å². The largest absolute Gasteiger partial charge is 0.298 e. The molecule has 90 valence electrons. The molecule has 0 rings (SSSR count). The van der Waals surface area contributed by atoms with Gasteiger partial charge in [0, 0.05) is 5.41 Å². The van der Waals surface area contributed by atoms with Crippen LogP contribution in [0.5, 0.6) is 0 Å². The van der Waals surface area contributed by atoms with E-state index in [1.807, 2.05) is 0 Å². The highest BCUT2D eigenvalue weighted by Gasteiger charge is 2.30. The van der Waals surface area contributed by atoms with Crippen molar-refractivity contribution in [3.05, 3.63) is 0 Å². The van der Waals surface area contributed by atoms with Gasteiger partial charge in [-0.15, -0.1) is 0 Å². The number of rotatable bonds is 3. The van der Waals surface area contributed by atoms with E-state index in [0.29, 0.717) is 0 Å². The zero-order valence-corrected chi connectivity index (χ0v) is 11.2. The smallest absolute Gasteiger partial charge is 0.216 e. The Balaban J connectivity index is 4.51. The normalized spacial score (nSPS) is 14.0. The Morgan fingerprint density at radius 3 is 1.73 bits per heavy atom. The van der Waals surface area contributed by atoms with Crippen LogP contribution in [-0.4, -0.2) is 25.5 Å². The minimum atomic E-state index is -3.42. The van der Waals surface area contributed by atoms with Crippen LogP contribution in [0.15, 0.2) is 0 Å². The molecular weight excluding hydrogens is 214 g/mol. The van der Waals surface area contributed by atoms with Crippen LogP contribution < -0.4 is 4.72 Å². The first kappa shape index (κ1) is 14.6. The average molecular weight is 235 g/mol. The molecule has 0 aliphatic carbocycles. The van der Waals surface area contributed by atoms with Gasteiger partial charge in [-0.25, -0.2) is 13.1 Å². The van der Waals surface area contributed by atoms with Gasteiger partial charge >= 0.3 is 0 Å². The van der Waals surface area contributed by atoms with Crippen molar-refractivity contribution in [1.82, 2.24) is 4.72 Å². The van der Waals surface area contributed by atoms with Crippen molar-refractivity contribution in [2.45, 2.75) is 46.3 Å². The maximum atomic E-state index is 11.6. The molecule has 0 aliphatic heterocycles. The van der Waals surface area contributed by atoms with Crippen molar-refractivity contribution < 1.29 is 13.2 Å². The van der Waals surface area contributed by atoms with Crippen LogP contribution in [0, 0.1) is 5.41 Å². The van der Waals surface area contributed by atoms with Gasteiger partial charge in [-0.1, -0.05) is 20.8 Å². The van der Waals surface area contributed by atoms with E-state index in [9.17, 15) is 13.2 Å². The molecule has 0 spiro atoms. The van der Waals surface area contributed by atoms with E-state index in [2.05, 4.69) is 4.72 Å². The van der Waals surface area contributed by atoms with Gasteiger partial charge in [-0.05, 0) is 20.8 Å². The number of carbonyl (C=O) groups excluding carboxylic acids is 1. The summed E-state index contributed by atoms with van der Waals surface area (Å²) in [6.45, 7) is 9.94. The monoisotopic (exact) mass is 235 g/mol. The van der Waals surface area contributed by atoms with Gasteiger partial charge in [0.05, 0.1) is 11.3 Å². The highest BCUT2D eigenvalue weighted by Crippen LogP contribution is 2.16. The van der Waals surface area contributed by atoms with Gasteiger partial charge in [0.15, 0.2) is 5.78 Å². The van der Waals surface area contributed by atoms with E-state index in [1.165, 1.54) is 0 Å². The number of hydrogen-bond acceptors (Lipinski definition) is 3.